The average Bonchev–Trinajstić information content (AvgIpc) is 3.13. The van der Waals surface area contributed by atoms with E-state index in [9.17, 15) is 4.79 Å². The van der Waals surface area contributed by atoms with E-state index in [1.807, 2.05) is 54.1 Å². The van der Waals surface area contributed by atoms with Gasteiger partial charge in [-0.05, 0) is 45.2 Å². The maximum Gasteiger partial charge on any atom is 0.170 e. The van der Waals surface area contributed by atoms with Crippen molar-refractivity contribution in [2.45, 2.75) is 33.1 Å². The van der Waals surface area contributed by atoms with Crippen LogP contribution in [0.4, 0.5) is 5.82 Å². The summed E-state index contributed by atoms with van der Waals surface area (Å²) in [5.74, 6) is 1.75. The SMILES string of the molecule is C=CCC1(C(C)=O)CCN(c2ncnc3c2nc(-c2ccccc2Cl)n3/C=C/C)CC1. The zero-order valence-electron chi connectivity index (χ0n) is 17.9. The minimum atomic E-state index is -0.322. The molecule has 0 spiro atoms. The molecule has 4 rings (SSSR count). The van der Waals surface area contributed by atoms with Gasteiger partial charge in [-0.25, -0.2) is 15.0 Å². The predicted octanol–water partition coefficient (Wildman–Crippen LogP) is 5.39. The fourth-order valence-electron chi connectivity index (χ4n) is 4.37. The molecule has 3 heterocycles. The third-order valence-corrected chi connectivity index (χ3v) is 6.50. The molecule has 7 heteroatoms. The average molecular weight is 436 g/mol. The molecule has 1 aromatic carbocycles. The van der Waals surface area contributed by atoms with Crippen LogP contribution in [0.2, 0.25) is 5.02 Å². The Labute approximate surface area is 187 Å². The number of carbonyl (C=O) groups is 1. The largest absolute Gasteiger partial charge is 0.355 e. The smallest absolute Gasteiger partial charge is 0.170 e. The van der Waals surface area contributed by atoms with Crippen molar-refractivity contribution in [3.8, 4) is 11.4 Å². The van der Waals surface area contributed by atoms with Crippen molar-refractivity contribution in [3.05, 3.63) is 54.3 Å². The van der Waals surface area contributed by atoms with E-state index < -0.39 is 0 Å². The van der Waals surface area contributed by atoms with Crippen LogP contribution in [0.3, 0.4) is 0 Å². The fraction of sp³-hybridized carbons (Fsp3) is 0.333. The summed E-state index contributed by atoms with van der Waals surface area (Å²) >= 11 is 6.47. The number of halogens is 1. The van der Waals surface area contributed by atoms with E-state index in [2.05, 4.69) is 21.4 Å². The first-order valence-electron chi connectivity index (χ1n) is 10.5. The number of ketones is 1. The van der Waals surface area contributed by atoms with E-state index in [0.29, 0.717) is 11.4 Å². The fourth-order valence-corrected chi connectivity index (χ4v) is 4.59. The first kappa shape index (κ1) is 21.2. The van der Waals surface area contributed by atoms with Crippen molar-refractivity contribution in [1.29, 1.82) is 0 Å². The van der Waals surface area contributed by atoms with Crippen LogP contribution in [-0.4, -0.2) is 38.4 Å². The van der Waals surface area contributed by atoms with E-state index >= 15 is 0 Å². The van der Waals surface area contributed by atoms with Crippen LogP contribution >= 0.6 is 11.6 Å². The molecule has 0 aliphatic carbocycles. The van der Waals surface area contributed by atoms with Crippen LogP contribution < -0.4 is 4.90 Å². The van der Waals surface area contributed by atoms with Crippen LogP contribution in [0.15, 0.2) is 49.3 Å². The quantitative estimate of drug-likeness (QED) is 0.486. The Bertz CT molecular complexity index is 1160. The third kappa shape index (κ3) is 3.76. The monoisotopic (exact) mass is 435 g/mol. The number of aromatic nitrogens is 4. The number of allylic oxidation sites excluding steroid dienone is 2. The van der Waals surface area contributed by atoms with Gasteiger partial charge in [0, 0.05) is 30.3 Å². The van der Waals surface area contributed by atoms with Gasteiger partial charge in [-0.15, -0.1) is 6.58 Å². The summed E-state index contributed by atoms with van der Waals surface area (Å²) in [5, 5.41) is 0.631. The number of fused-ring (bicyclic) bond motifs is 1. The lowest BCUT2D eigenvalue weighted by molar-refractivity contribution is -0.127. The number of carbonyl (C=O) groups excluding carboxylic acids is 1. The molecule has 0 amide bonds. The van der Waals surface area contributed by atoms with Crippen LogP contribution in [0, 0.1) is 5.41 Å². The third-order valence-electron chi connectivity index (χ3n) is 6.17. The van der Waals surface area contributed by atoms with E-state index in [1.165, 1.54) is 0 Å². The highest BCUT2D eigenvalue weighted by molar-refractivity contribution is 6.33. The highest BCUT2D eigenvalue weighted by Crippen LogP contribution is 2.39. The van der Waals surface area contributed by atoms with Gasteiger partial charge >= 0.3 is 0 Å². The number of benzene rings is 1. The lowest BCUT2D eigenvalue weighted by Crippen LogP contribution is -2.43. The van der Waals surface area contributed by atoms with E-state index in [4.69, 9.17) is 16.6 Å². The normalized spacial score (nSPS) is 16.2. The number of nitrogens with zero attached hydrogens (tertiary/aromatic N) is 5. The zero-order valence-corrected chi connectivity index (χ0v) is 18.6. The van der Waals surface area contributed by atoms with Gasteiger partial charge in [-0.3, -0.25) is 9.36 Å². The van der Waals surface area contributed by atoms with Crippen molar-refractivity contribution in [2.24, 2.45) is 5.41 Å². The van der Waals surface area contributed by atoms with Crippen LogP contribution in [0.1, 0.15) is 33.1 Å². The minimum Gasteiger partial charge on any atom is -0.355 e. The zero-order chi connectivity index (χ0) is 22.0. The van der Waals surface area contributed by atoms with Crippen LogP contribution in [0.5, 0.6) is 0 Å². The lowest BCUT2D eigenvalue weighted by atomic mass is 9.73. The van der Waals surface area contributed by atoms with E-state index in [1.54, 1.807) is 13.3 Å². The second-order valence-corrected chi connectivity index (χ2v) is 8.36. The summed E-state index contributed by atoms with van der Waals surface area (Å²) < 4.78 is 1.95. The Balaban J connectivity index is 1.77. The summed E-state index contributed by atoms with van der Waals surface area (Å²) in [7, 11) is 0. The molecule has 0 atom stereocenters. The second kappa shape index (κ2) is 8.63. The minimum absolute atomic E-state index is 0.234. The number of Topliss-reactive ketones (excluding diaryl/α,β-unsaturated/α-hetero) is 1. The first-order chi connectivity index (χ1) is 15.0. The van der Waals surface area contributed by atoms with Crippen LogP contribution in [0.25, 0.3) is 28.8 Å². The molecule has 0 unspecified atom stereocenters. The molecule has 31 heavy (non-hydrogen) atoms. The summed E-state index contributed by atoms with van der Waals surface area (Å²) in [4.78, 5) is 28.6. The number of hydrogen-bond acceptors (Lipinski definition) is 5. The van der Waals surface area contributed by atoms with Gasteiger partial charge in [0.25, 0.3) is 0 Å². The molecule has 1 aliphatic rings. The number of rotatable bonds is 6. The molecule has 1 saturated heterocycles. The molecule has 160 valence electrons. The number of imidazole rings is 1. The number of piperidine rings is 1. The van der Waals surface area contributed by atoms with Gasteiger partial charge in [0.15, 0.2) is 17.0 Å². The number of hydrogen-bond donors (Lipinski definition) is 0. The lowest BCUT2D eigenvalue weighted by Gasteiger charge is -2.40. The standard InChI is InChI=1S/C24H26ClN5O/c1-4-10-24(17(3)31)11-14-29(15-12-24)22-20-23(27-16-26-22)30(13-5-2)21(28-20)18-8-6-7-9-19(18)25/h4-9,13,16H,1,10-12,14-15H2,2-3H3/b13-5+. The van der Waals surface area contributed by atoms with Gasteiger partial charge in [-0.1, -0.05) is 35.9 Å². The summed E-state index contributed by atoms with van der Waals surface area (Å²) in [5.41, 5.74) is 1.98. The number of anilines is 1. The Kier molecular flexibility index (Phi) is 5.92. The van der Waals surface area contributed by atoms with Crippen molar-refractivity contribution in [2.75, 3.05) is 18.0 Å². The molecule has 0 N–H and O–H groups in total. The molecule has 0 saturated carbocycles. The Hall–Kier alpha value is -2.99. The molecule has 6 nitrogen and oxygen atoms in total. The highest BCUT2D eigenvalue weighted by Gasteiger charge is 2.38. The van der Waals surface area contributed by atoms with Gasteiger partial charge in [0.05, 0.1) is 5.02 Å². The summed E-state index contributed by atoms with van der Waals surface area (Å²) in [6.07, 6.45) is 9.56. The van der Waals surface area contributed by atoms with Crippen molar-refractivity contribution >= 4 is 40.6 Å². The first-order valence-corrected chi connectivity index (χ1v) is 10.9. The van der Waals surface area contributed by atoms with Gasteiger partial charge in [0.2, 0.25) is 0 Å². The predicted molar refractivity (Wildman–Crippen MR) is 126 cm³/mol. The Morgan fingerprint density at radius 1 is 1.26 bits per heavy atom. The summed E-state index contributed by atoms with van der Waals surface area (Å²) in [6, 6.07) is 7.65. The molecular weight excluding hydrogens is 410 g/mol. The summed E-state index contributed by atoms with van der Waals surface area (Å²) in [6.45, 7) is 8.96. The van der Waals surface area contributed by atoms with Gasteiger partial charge in [0.1, 0.15) is 17.9 Å². The maximum atomic E-state index is 12.3. The molecule has 1 fully saturated rings. The van der Waals surface area contributed by atoms with E-state index in [0.717, 1.165) is 54.3 Å². The van der Waals surface area contributed by atoms with Crippen molar-refractivity contribution < 1.29 is 4.79 Å². The molecule has 1 aliphatic heterocycles. The molecule has 0 radical (unpaired) electrons. The molecular formula is C24H26ClN5O. The maximum absolute atomic E-state index is 12.3. The second-order valence-electron chi connectivity index (χ2n) is 7.95. The molecule has 3 aromatic rings. The van der Waals surface area contributed by atoms with Crippen molar-refractivity contribution in [1.82, 2.24) is 19.5 Å². The Morgan fingerprint density at radius 3 is 2.65 bits per heavy atom. The van der Waals surface area contributed by atoms with Gasteiger partial charge < -0.3 is 4.90 Å². The Morgan fingerprint density at radius 2 is 2.00 bits per heavy atom. The van der Waals surface area contributed by atoms with E-state index in [-0.39, 0.29) is 11.2 Å². The topological polar surface area (TPSA) is 63.9 Å². The van der Waals surface area contributed by atoms with Gasteiger partial charge in [-0.2, -0.15) is 0 Å². The van der Waals surface area contributed by atoms with Crippen molar-refractivity contribution in [3.63, 3.8) is 0 Å². The highest BCUT2D eigenvalue weighted by atomic mass is 35.5. The van der Waals surface area contributed by atoms with Crippen LogP contribution in [-0.2, 0) is 4.79 Å². The molecule has 2 aromatic heterocycles. The molecule has 0 bridgehead atoms.